The molecule has 0 bridgehead atoms. The lowest BCUT2D eigenvalue weighted by atomic mass is 10.1. The van der Waals surface area contributed by atoms with Crippen LogP contribution in [-0.2, 0) is 17.8 Å². The first-order valence-corrected chi connectivity index (χ1v) is 5.09. The van der Waals surface area contributed by atoms with Crippen LogP contribution in [0.25, 0.3) is 0 Å². The number of rotatable bonds is 2. The first-order chi connectivity index (χ1) is 6.74. The van der Waals surface area contributed by atoms with Gasteiger partial charge in [0.1, 0.15) is 5.82 Å². The Balaban J connectivity index is 2.46. The molecular weight excluding hydrogens is 178 g/mol. The molecule has 78 valence electrons. The second-order valence-corrected chi connectivity index (χ2v) is 3.86. The summed E-state index contributed by atoms with van der Waals surface area (Å²) in [6.45, 7) is 5.77. The molecule has 14 heavy (non-hydrogen) atoms. The van der Waals surface area contributed by atoms with Gasteiger partial charge in [-0.3, -0.25) is 0 Å². The zero-order chi connectivity index (χ0) is 10.1. The van der Waals surface area contributed by atoms with Crippen LogP contribution in [0.15, 0.2) is 0 Å². The van der Waals surface area contributed by atoms with Crippen molar-refractivity contribution in [2.24, 2.45) is 0 Å². The van der Waals surface area contributed by atoms with Crippen LogP contribution in [0.5, 0.6) is 0 Å². The van der Waals surface area contributed by atoms with E-state index < -0.39 is 0 Å². The highest BCUT2D eigenvalue weighted by molar-refractivity contribution is 5.48. The van der Waals surface area contributed by atoms with Gasteiger partial charge in [-0.15, -0.1) is 0 Å². The van der Waals surface area contributed by atoms with Crippen molar-refractivity contribution < 1.29 is 4.74 Å². The topological polar surface area (TPSA) is 39.1 Å². The van der Waals surface area contributed by atoms with Gasteiger partial charge in [0.15, 0.2) is 0 Å². The molecule has 0 saturated heterocycles. The molecule has 0 spiro atoms. The van der Waals surface area contributed by atoms with Gasteiger partial charge >= 0.3 is 0 Å². The van der Waals surface area contributed by atoms with Crippen LogP contribution in [0.2, 0.25) is 0 Å². The fourth-order valence-corrected chi connectivity index (χ4v) is 1.85. The van der Waals surface area contributed by atoms with Crippen molar-refractivity contribution in [2.45, 2.75) is 32.9 Å². The van der Waals surface area contributed by atoms with E-state index in [1.807, 2.05) is 11.7 Å². The number of fused-ring (bicyclic) bond motifs is 1. The van der Waals surface area contributed by atoms with E-state index in [1.165, 1.54) is 11.3 Å². The predicted molar refractivity (Wildman–Crippen MR) is 55.5 cm³/mol. The van der Waals surface area contributed by atoms with Gasteiger partial charge in [-0.1, -0.05) is 0 Å². The molecule has 1 aliphatic heterocycles. The van der Waals surface area contributed by atoms with E-state index in [0.717, 1.165) is 18.8 Å². The summed E-state index contributed by atoms with van der Waals surface area (Å²) < 4.78 is 7.48. The van der Waals surface area contributed by atoms with Crippen LogP contribution in [0, 0.1) is 0 Å². The van der Waals surface area contributed by atoms with Gasteiger partial charge in [0.05, 0.1) is 18.9 Å². The quantitative estimate of drug-likeness (QED) is 0.778. The number of nitrogens with zero attached hydrogens (tertiary/aromatic N) is 2. The van der Waals surface area contributed by atoms with Crippen molar-refractivity contribution in [2.75, 3.05) is 19.0 Å². The Morgan fingerprint density at radius 1 is 1.50 bits per heavy atom. The zero-order valence-corrected chi connectivity index (χ0v) is 9.00. The van der Waals surface area contributed by atoms with E-state index in [4.69, 9.17) is 4.74 Å². The minimum atomic E-state index is 0.392. The monoisotopic (exact) mass is 195 g/mol. The number of anilines is 1. The molecule has 4 nitrogen and oxygen atoms in total. The molecule has 1 aromatic heterocycles. The average Bonchev–Trinajstić information content (AvgIpc) is 2.56. The van der Waals surface area contributed by atoms with Crippen LogP contribution in [0.4, 0.5) is 5.82 Å². The lowest BCUT2D eigenvalue weighted by Gasteiger charge is -2.13. The standard InChI is InChI=1S/C10H17N3O/c1-7(2)13-10(11-3)8-6-14-5-4-9(8)12-13/h7,11H,4-6H2,1-3H3. The third-order valence-corrected chi connectivity index (χ3v) is 2.55. The minimum absolute atomic E-state index is 0.392. The molecule has 1 aromatic rings. The minimum Gasteiger partial charge on any atom is -0.376 e. The van der Waals surface area contributed by atoms with Gasteiger partial charge in [-0.25, -0.2) is 4.68 Å². The lowest BCUT2D eigenvalue weighted by Crippen LogP contribution is -2.09. The summed E-state index contributed by atoms with van der Waals surface area (Å²) in [6.07, 6.45) is 0.934. The van der Waals surface area contributed by atoms with E-state index >= 15 is 0 Å². The normalized spacial score (nSPS) is 15.7. The number of nitrogens with one attached hydrogen (secondary N) is 1. The van der Waals surface area contributed by atoms with Gasteiger partial charge in [-0.2, -0.15) is 5.10 Å². The van der Waals surface area contributed by atoms with E-state index in [9.17, 15) is 0 Å². The highest BCUT2D eigenvalue weighted by Crippen LogP contribution is 2.26. The maximum atomic E-state index is 5.44. The third kappa shape index (κ3) is 1.39. The summed E-state index contributed by atoms with van der Waals surface area (Å²) in [5.74, 6) is 1.11. The van der Waals surface area contributed by atoms with E-state index in [1.54, 1.807) is 0 Å². The van der Waals surface area contributed by atoms with Crippen molar-refractivity contribution in [3.05, 3.63) is 11.3 Å². The summed E-state index contributed by atoms with van der Waals surface area (Å²) in [6, 6.07) is 0.392. The molecule has 1 N–H and O–H groups in total. The molecule has 0 aromatic carbocycles. The van der Waals surface area contributed by atoms with Gasteiger partial charge in [0.25, 0.3) is 0 Å². The molecule has 4 heteroatoms. The summed E-state index contributed by atoms with van der Waals surface area (Å²) in [5.41, 5.74) is 2.42. The largest absolute Gasteiger partial charge is 0.376 e. The van der Waals surface area contributed by atoms with Crippen LogP contribution in [-0.4, -0.2) is 23.4 Å². The molecule has 0 fully saturated rings. The van der Waals surface area contributed by atoms with Crippen LogP contribution < -0.4 is 5.32 Å². The number of ether oxygens (including phenoxy) is 1. The second-order valence-electron chi connectivity index (χ2n) is 3.86. The Kier molecular flexibility index (Phi) is 2.46. The summed E-state index contributed by atoms with van der Waals surface area (Å²) in [4.78, 5) is 0. The SMILES string of the molecule is CNc1c2c(nn1C(C)C)CCOC2. The van der Waals surface area contributed by atoms with Gasteiger partial charge < -0.3 is 10.1 Å². The van der Waals surface area contributed by atoms with Crippen LogP contribution in [0.3, 0.4) is 0 Å². The average molecular weight is 195 g/mol. The van der Waals surface area contributed by atoms with Crippen molar-refractivity contribution in [1.29, 1.82) is 0 Å². The Bertz CT molecular complexity index is 330. The fraction of sp³-hybridized carbons (Fsp3) is 0.700. The molecule has 2 heterocycles. The third-order valence-electron chi connectivity index (χ3n) is 2.55. The van der Waals surface area contributed by atoms with E-state index in [-0.39, 0.29) is 0 Å². The molecule has 0 aliphatic carbocycles. The van der Waals surface area contributed by atoms with Crippen molar-refractivity contribution in [3.8, 4) is 0 Å². The molecule has 0 saturated carbocycles. The second kappa shape index (κ2) is 3.61. The Morgan fingerprint density at radius 3 is 2.93 bits per heavy atom. The number of aromatic nitrogens is 2. The number of hydrogen-bond acceptors (Lipinski definition) is 3. The maximum Gasteiger partial charge on any atom is 0.130 e. The van der Waals surface area contributed by atoms with E-state index in [0.29, 0.717) is 12.6 Å². The fourth-order valence-electron chi connectivity index (χ4n) is 1.85. The molecule has 0 radical (unpaired) electrons. The highest BCUT2D eigenvalue weighted by Gasteiger charge is 2.21. The Hall–Kier alpha value is -1.03. The maximum absolute atomic E-state index is 5.44. The molecule has 0 amide bonds. The molecule has 1 aliphatic rings. The number of hydrogen-bond donors (Lipinski definition) is 1. The van der Waals surface area contributed by atoms with Crippen molar-refractivity contribution in [1.82, 2.24) is 9.78 Å². The van der Waals surface area contributed by atoms with Gasteiger partial charge in [0, 0.05) is 25.1 Å². The first kappa shape index (κ1) is 9.52. The molecular formula is C10H17N3O. The lowest BCUT2D eigenvalue weighted by molar-refractivity contribution is 0.110. The summed E-state index contributed by atoms with van der Waals surface area (Å²) in [7, 11) is 1.94. The predicted octanol–water partition coefficient (Wildman–Crippen LogP) is 1.58. The smallest absolute Gasteiger partial charge is 0.130 e. The van der Waals surface area contributed by atoms with Gasteiger partial charge in [-0.05, 0) is 13.8 Å². The Morgan fingerprint density at radius 2 is 2.29 bits per heavy atom. The summed E-state index contributed by atoms with van der Waals surface area (Å²) in [5, 5.41) is 7.80. The van der Waals surface area contributed by atoms with Crippen LogP contribution >= 0.6 is 0 Å². The van der Waals surface area contributed by atoms with Gasteiger partial charge in [0.2, 0.25) is 0 Å². The van der Waals surface area contributed by atoms with Crippen LogP contribution in [0.1, 0.15) is 31.1 Å². The summed E-state index contributed by atoms with van der Waals surface area (Å²) >= 11 is 0. The van der Waals surface area contributed by atoms with Crippen molar-refractivity contribution >= 4 is 5.82 Å². The first-order valence-electron chi connectivity index (χ1n) is 5.09. The Labute approximate surface area is 84.3 Å². The molecule has 0 atom stereocenters. The highest BCUT2D eigenvalue weighted by atomic mass is 16.5. The van der Waals surface area contributed by atoms with Crippen molar-refractivity contribution in [3.63, 3.8) is 0 Å². The molecule has 0 unspecified atom stereocenters. The zero-order valence-electron chi connectivity index (χ0n) is 9.00. The molecule has 2 rings (SSSR count). The van der Waals surface area contributed by atoms with E-state index in [2.05, 4.69) is 24.3 Å².